The van der Waals surface area contributed by atoms with Crippen molar-refractivity contribution in [2.24, 2.45) is 10.9 Å². The summed E-state index contributed by atoms with van der Waals surface area (Å²) in [7, 11) is 0. The first kappa shape index (κ1) is 25.5. The molecule has 0 radical (unpaired) electrons. The molecule has 1 aromatic rings. The van der Waals surface area contributed by atoms with Gasteiger partial charge in [0.15, 0.2) is 11.1 Å². The van der Waals surface area contributed by atoms with E-state index in [-0.39, 0.29) is 24.0 Å². The number of guanidine groups is 1. The van der Waals surface area contributed by atoms with Gasteiger partial charge in [0.2, 0.25) is 0 Å². The largest absolute Gasteiger partial charge is 0.357 e. The van der Waals surface area contributed by atoms with Crippen LogP contribution in [0.1, 0.15) is 77.6 Å². The van der Waals surface area contributed by atoms with Gasteiger partial charge in [-0.05, 0) is 38.4 Å². The van der Waals surface area contributed by atoms with E-state index in [1.165, 1.54) is 38.5 Å². The predicted molar refractivity (Wildman–Crippen MR) is 131 cm³/mol. The molecule has 1 heterocycles. The van der Waals surface area contributed by atoms with Gasteiger partial charge >= 0.3 is 0 Å². The standard InChI is InChI=1S/C20H38N6S.HI/c1-5-16(6-2)15-23-19(21-7-3)22-14-10-13-18-24-25-20(27-4)26(18)17-11-8-9-12-17;/h16-17H,5-15H2,1-4H3,(H2,21,22,23);1H. The van der Waals surface area contributed by atoms with Crippen molar-refractivity contribution >= 4 is 41.7 Å². The molecule has 162 valence electrons. The molecule has 2 N–H and O–H groups in total. The molecule has 28 heavy (non-hydrogen) atoms. The van der Waals surface area contributed by atoms with Gasteiger partial charge in [0, 0.05) is 32.1 Å². The first-order chi connectivity index (χ1) is 13.2. The average Bonchev–Trinajstić information content (AvgIpc) is 3.34. The Morgan fingerprint density at radius 1 is 1.18 bits per heavy atom. The summed E-state index contributed by atoms with van der Waals surface area (Å²) < 4.78 is 2.41. The summed E-state index contributed by atoms with van der Waals surface area (Å²) in [6, 6.07) is 0.601. The van der Waals surface area contributed by atoms with Crippen LogP contribution < -0.4 is 10.6 Å². The number of hydrogen-bond acceptors (Lipinski definition) is 4. The Kier molecular flexibility index (Phi) is 13.2. The number of aliphatic imine (C=N–C) groups is 1. The minimum atomic E-state index is 0. The first-order valence-electron chi connectivity index (χ1n) is 10.7. The SMILES string of the molecule is CCNC(=NCC(CC)CC)NCCCc1nnc(SC)n1C1CCCC1.I. The number of rotatable bonds is 11. The topological polar surface area (TPSA) is 67.1 Å². The van der Waals surface area contributed by atoms with E-state index >= 15 is 0 Å². The second-order valence-corrected chi connectivity index (χ2v) is 8.12. The predicted octanol–water partition coefficient (Wildman–Crippen LogP) is 4.66. The van der Waals surface area contributed by atoms with Crippen LogP contribution in [-0.4, -0.2) is 46.6 Å². The Labute approximate surface area is 192 Å². The molecule has 0 aromatic carbocycles. The van der Waals surface area contributed by atoms with Crippen molar-refractivity contribution in [3.63, 3.8) is 0 Å². The van der Waals surface area contributed by atoms with Gasteiger partial charge in [-0.3, -0.25) is 4.99 Å². The summed E-state index contributed by atoms with van der Waals surface area (Å²) in [6.45, 7) is 9.29. The van der Waals surface area contributed by atoms with E-state index in [2.05, 4.69) is 52.4 Å². The first-order valence-corrected chi connectivity index (χ1v) is 12.0. The van der Waals surface area contributed by atoms with Gasteiger partial charge in [0.25, 0.3) is 0 Å². The summed E-state index contributed by atoms with van der Waals surface area (Å²) in [5, 5.41) is 16.8. The number of nitrogens with zero attached hydrogens (tertiary/aromatic N) is 4. The fraction of sp³-hybridized carbons (Fsp3) is 0.850. The van der Waals surface area contributed by atoms with E-state index in [4.69, 9.17) is 4.99 Å². The molecular formula is C20H39IN6S. The third-order valence-electron chi connectivity index (χ3n) is 5.48. The fourth-order valence-electron chi connectivity index (χ4n) is 3.71. The molecule has 0 amide bonds. The lowest BCUT2D eigenvalue weighted by Crippen LogP contribution is -2.38. The van der Waals surface area contributed by atoms with Crippen molar-refractivity contribution < 1.29 is 0 Å². The second-order valence-electron chi connectivity index (χ2n) is 7.34. The lowest BCUT2D eigenvalue weighted by Gasteiger charge is -2.17. The zero-order chi connectivity index (χ0) is 19.5. The third kappa shape index (κ3) is 7.72. The van der Waals surface area contributed by atoms with E-state index < -0.39 is 0 Å². The zero-order valence-electron chi connectivity index (χ0n) is 18.0. The quantitative estimate of drug-likeness (QED) is 0.146. The van der Waals surface area contributed by atoms with Crippen molar-refractivity contribution in [1.29, 1.82) is 0 Å². The summed E-state index contributed by atoms with van der Waals surface area (Å²) in [5.41, 5.74) is 0. The van der Waals surface area contributed by atoms with Crippen molar-refractivity contribution in [3.8, 4) is 0 Å². The van der Waals surface area contributed by atoms with Gasteiger partial charge in [-0.2, -0.15) is 0 Å². The lowest BCUT2D eigenvalue weighted by atomic mass is 10.0. The molecule has 6 nitrogen and oxygen atoms in total. The summed E-state index contributed by atoms with van der Waals surface area (Å²) in [6.07, 6.45) is 11.7. The average molecular weight is 523 g/mol. The van der Waals surface area contributed by atoms with Crippen LogP contribution in [0.3, 0.4) is 0 Å². The highest BCUT2D eigenvalue weighted by Gasteiger charge is 2.23. The van der Waals surface area contributed by atoms with Crippen LogP contribution in [0.4, 0.5) is 0 Å². The molecule has 0 unspecified atom stereocenters. The molecule has 0 bridgehead atoms. The van der Waals surface area contributed by atoms with E-state index in [1.807, 2.05) is 0 Å². The molecule has 8 heteroatoms. The van der Waals surface area contributed by atoms with E-state index in [0.717, 1.165) is 49.4 Å². The minimum Gasteiger partial charge on any atom is -0.357 e. The van der Waals surface area contributed by atoms with Crippen molar-refractivity contribution in [2.45, 2.75) is 83.3 Å². The monoisotopic (exact) mass is 522 g/mol. The minimum absolute atomic E-state index is 0. The smallest absolute Gasteiger partial charge is 0.191 e. The molecule has 1 aliphatic carbocycles. The molecular weight excluding hydrogens is 483 g/mol. The Balaban J connectivity index is 0.00000392. The maximum Gasteiger partial charge on any atom is 0.191 e. The number of thioether (sulfide) groups is 1. The number of aryl methyl sites for hydroxylation is 1. The summed E-state index contributed by atoms with van der Waals surface area (Å²) in [4.78, 5) is 4.76. The van der Waals surface area contributed by atoms with E-state index in [0.29, 0.717) is 12.0 Å². The molecule has 0 spiro atoms. The molecule has 1 saturated carbocycles. The number of nitrogens with one attached hydrogen (secondary N) is 2. The Hall–Kier alpha value is -0.510. The van der Waals surface area contributed by atoms with Crippen LogP contribution in [0.2, 0.25) is 0 Å². The molecule has 1 aromatic heterocycles. The molecule has 2 rings (SSSR count). The van der Waals surface area contributed by atoms with Gasteiger partial charge in [-0.1, -0.05) is 51.3 Å². The third-order valence-corrected chi connectivity index (χ3v) is 6.13. The molecule has 1 fully saturated rings. The van der Waals surface area contributed by atoms with Gasteiger partial charge < -0.3 is 15.2 Å². The van der Waals surface area contributed by atoms with Crippen molar-refractivity contribution in [1.82, 2.24) is 25.4 Å². The molecule has 0 atom stereocenters. The summed E-state index contributed by atoms with van der Waals surface area (Å²) >= 11 is 1.71. The van der Waals surface area contributed by atoms with Gasteiger partial charge in [-0.15, -0.1) is 34.2 Å². The lowest BCUT2D eigenvalue weighted by molar-refractivity contribution is 0.460. The van der Waals surface area contributed by atoms with Crippen LogP contribution in [-0.2, 0) is 6.42 Å². The normalized spacial score (nSPS) is 15.1. The second kappa shape index (κ2) is 14.5. The highest BCUT2D eigenvalue weighted by Crippen LogP contribution is 2.33. The zero-order valence-corrected chi connectivity index (χ0v) is 21.2. The number of hydrogen-bond donors (Lipinski definition) is 2. The van der Waals surface area contributed by atoms with Crippen LogP contribution >= 0.6 is 35.7 Å². The van der Waals surface area contributed by atoms with Gasteiger partial charge in [0.05, 0.1) is 0 Å². The van der Waals surface area contributed by atoms with Crippen molar-refractivity contribution in [3.05, 3.63) is 5.82 Å². The van der Waals surface area contributed by atoms with E-state index in [1.54, 1.807) is 11.8 Å². The Morgan fingerprint density at radius 3 is 2.50 bits per heavy atom. The molecule has 1 aliphatic rings. The number of halogens is 1. The van der Waals surface area contributed by atoms with Crippen LogP contribution in [0.25, 0.3) is 0 Å². The number of aromatic nitrogens is 3. The Bertz CT molecular complexity index is 567. The van der Waals surface area contributed by atoms with Crippen LogP contribution in [0.5, 0.6) is 0 Å². The van der Waals surface area contributed by atoms with E-state index in [9.17, 15) is 0 Å². The Morgan fingerprint density at radius 2 is 1.89 bits per heavy atom. The molecule has 0 saturated heterocycles. The van der Waals surface area contributed by atoms with Gasteiger partial charge in [0.1, 0.15) is 5.82 Å². The van der Waals surface area contributed by atoms with Crippen molar-refractivity contribution in [2.75, 3.05) is 25.9 Å². The van der Waals surface area contributed by atoms with Crippen LogP contribution in [0, 0.1) is 5.92 Å². The van der Waals surface area contributed by atoms with Gasteiger partial charge in [-0.25, -0.2) is 0 Å². The van der Waals surface area contributed by atoms with Crippen LogP contribution in [0.15, 0.2) is 10.1 Å². The maximum atomic E-state index is 4.76. The highest BCUT2D eigenvalue weighted by atomic mass is 127. The fourth-order valence-corrected chi connectivity index (χ4v) is 4.28. The molecule has 0 aliphatic heterocycles. The highest BCUT2D eigenvalue weighted by molar-refractivity contribution is 14.0. The summed E-state index contributed by atoms with van der Waals surface area (Å²) in [5.74, 6) is 2.76. The maximum absolute atomic E-state index is 4.76.